The molecule has 5 aromatic rings. The number of para-hydroxylation sites is 1. The summed E-state index contributed by atoms with van der Waals surface area (Å²) in [5.41, 5.74) is 4.62. The van der Waals surface area contributed by atoms with Crippen LogP contribution in [0.5, 0.6) is 5.75 Å². The summed E-state index contributed by atoms with van der Waals surface area (Å²) in [5, 5.41) is 4.93. The fourth-order valence-corrected chi connectivity index (χ4v) is 6.79. The molecule has 0 amide bonds. The van der Waals surface area contributed by atoms with Crippen molar-refractivity contribution in [3.05, 3.63) is 140 Å². The zero-order chi connectivity index (χ0) is 32.2. The van der Waals surface area contributed by atoms with Crippen molar-refractivity contribution in [2.45, 2.75) is 24.8 Å². The summed E-state index contributed by atoms with van der Waals surface area (Å²) >= 11 is 2.90. The molecule has 46 heavy (non-hydrogen) atoms. The predicted octanol–water partition coefficient (Wildman–Crippen LogP) is 5.94. The number of hydrogen-bond donors (Lipinski definition) is 0. The van der Waals surface area contributed by atoms with Crippen molar-refractivity contribution in [3.8, 4) is 22.7 Å². The van der Waals surface area contributed by atoms with E-state index in [1.807, 2.05) is 109 Å². The molecule has 3 heterocycles. The largest absolute Gasteiger partial charge is 0.494 e. The lowest BCUT2D eigenvalue weighted by atomic mass is 9.96. The van der Waals surface area contributed by atoms with E-state index in [1.54, 1.807) is 23.3 Å². The van der Waals surface area contributed by atoms with Crippen LogP contribution in [0.2, 0.25) is 0 Å². The molecule has 1 aliphatic heterocycles. The van der Waals surface area contributed by atoms with E-state index in [9.17, 15) is 9.59 Å². The summed E-state index contributed by atoms with van der Waals surface area (Å²) < 4.78 is 15.0. The fraction of sp³-hybridized carbons (Fsp3) is 0.167. The van der Waals surface area contributed by atoms with E-state index in [-0.39, 0.29) is 12.2 Å². The standard InChI is InChI=1S/C36H32N4O4S2/c1-5-20-44-35(42)31-23(3)37-36-40(33(31)25-14-18-29(45-4)19-15-25)34(41)30(46-36)21-26-22-39(27-10-8-7-9-11-27)38-32(26)24-12-16-28(17-13-24)43-6-2/h5,7-19,21-22,33H,1,6,20H2,2-4H3. The average molecular weight is 649 g/mol. The minimum atomic E-state index is -0.704. The number of carbonyl (C=O) groups excluding carboxylic acids is 1. The number of fused-ring (bicyclic) bond motifs is 1. The first-order valence-corrected chi connectivity index (χ1v) is 16.8. The van der Waals surface area contributed by atoms with Gasteiger partial charge in [0.15, 0.2) is 4.80 Å². The van der Waals surface area contributed by atoms with Crippen molar-refractivity contribution in [2.75, 3.05) is 19.5 Å². The van der Waals surface area contributed by atoms with E-state index in [0.29, 0.717) is 32.9 Å². The number of rotatable bonds is 10. The van der Waals surface area contributed by atoms with E-state index >= 15 is 0 Å². The second-order valence-electron chi connectivity index (χ2n) is 10.4. The zero-order valence-electron chi connectivity index (χ0n) is 25.7. The molecule has 0 aliphatic carbocycles. The van der Waals surface area contributed by atoms with Crippen molar-refractivity contribution in [2.24, 2.45) is 4.99 Å². The molecule has 6 rings (SSSR count). The van der Waals surface area contributed by atoms with Crippen molar-refractivity contribution in [1.29, 1.82) is 0 Å². The number of thioether (sulfide) groups is 1. The molecule has 0 N–H and O–H groups in total. The second kappa shape index (κ2) is 13.6. The maximum atomic E-state index is 14.3. The number of ether oxygens (including phenoxy) is 2. The first-order valence-electron chi connectivity index (χ1n) is 14.7. The Bertz CT molecular complexity index is 2110. The molecule has 10 heteroatoms. The third-order valence-corrected chi connectivity index (χ3v) is 9.22. The second-order valence-corrected chi connectivity index (χ2v) is 12.3. The van der Waals surface area contributed by atoms with E-state index in [1.165, 1.54) is 17.4 Å². The number of benzene rings is 3. The summed E-state index contributed by atoms with van der Waals surface area (Å²) in [4.78, 5) is 34.0. The topological polar surface area (TPSA) is 87.7 Å². The Balaban J connectivity index is 1.52. The Morgan fingerprint density at radius 3 is 2.48 bits per heavy atom. The Morgan fingerprint density at radius 1 is 1.07 bits per heavy atom. The molecule has 0 fully saturated rings. The lowest BCUT2D eigenvalue weighted by Crippen LogP contribution is -2.39. The molecular formula is C36H32N4O4S2. The van der Waals surface area contributed by atoms with Gasteiger partial charge in [-0.15, -0.1) is 11.8 Å². The average Bonchev–Trinajstić information content (AvgIpc) is 3.64. The van der Waals surface area contributed by atoms with Gasteiger partial charge in [-0.25, -0.2) is 14.5 Å². The predicted molar refractivity (Wildman–Crippen MR) is 183 cm³/mol. The van der Waals surface area contributed by atoms with Gasteiger partial charge in [-0.1, -0.05) is 54.3 Å². The summed E-state index contributed by atoms with van der Waals surface area (Å²) in [6.07, 6.45) is 7.29. The Morgan fingerprint density at radius 2 is 1.80 bits per heavy atom. The molecular weight excluding hydrogens is 617 g/mol. The minimum Gasteiger partial charge on any atom is -0.494 e. The number of nitrogens with zero attached hydrogens (tertiary/aromatic N) is 4. The van der Waals surface area contributed by atoms with Crippen LogP contribution in [0.4, 0.5) is 0 Å². The molecule has 1 atom stereocenters. The molecule has 0 bridgehead atoms. The minimum absolute atomic E-state index is 0.0535. The maximum Gasteiger partial charge on any atom is 0.338 e. The van der Waals surface area contributed by atoms with Gasteiger partial charge < -0.3 is 9.47 Å². The van der Waals surface area contributed by atoms with E-state index in [2.05, 4.69) is 6.58 Å². The van der Waals surface area contributed by atoms with Gasteiger partial charge in [0, 0.05) is 22.2 Å². The zero-order valence-corrected chi connectivity index (χ0v) is 27.3. The van der Waals surface area contributed by atoms with Crippen LogP contribution in [-0.2, 0) is 9.53 Å². The van der Waals surface area contributed by atoms with Crippen molar-refractivity contribution < 1.29 is 14.3 Å². The van der Waals surface area contributed by atoms with Gasteiger partial charge >= 0.3 is 5.97 Å². The van der Waals surface area contributed by atoms with Crippen molar-refractivity contribution in [1.82, 2.24) is 14.3 Å². The monoisotopic (exact) mass is 648 g/mol. The highest BCUT2D eigenvalue weighted by Gasteiger charge is 2.33. The van der Waals surface area contributed by atoms with E-state index in [4.69, 9.17) is 19.6 Å². The molecule has 1 aliphatic rings. The van der Waals surface area contributed by atoms with Gasteiger partial charge in [-0.3, -0.25) is 9.36 Å². The first-order chi connectivity index (χ1) is 22.4. The number of thiazole rings is 1. The molecule has 232 valence electrons. The maximum absolute atomic E-state index is 14.3. The number of allylic oxidation sites excluding steroid dienone is 1. The van der Waals surface area contributed by atoms with Crippen LogP contribution in [0.3, 0.4) is 0 Å². The van der Waals surface area contributed by atoms with Gasteiger partial charge in [0.1, 0.15) is 18.1 Å². The molecule has 3 aromatic carbocycles. The summed E-state index contributed by atoms with van der Waals surface area (Å²) in [6.45, 7) is 8.01. The molecule has 0 saturated carbocycles. The number of carbonyl (C=O) groups is 1. The van der Waals surface area contributed by atoms with Gasteiger partial charge in [-0.05, 0) is 80.3 Å². The van der Waals surface area contributed by atoms with Crippen LogP contribution in [-0.4, -0.2) is 39.8 Å². The van der Waals surface area contributed by atoms with Crippen LogP contribution in [0, 0.1) is 0 Å². The summed E-state index contributed by atoms with van der Waals surface area (Å²) in [6, 6.07) is 24.7. The molecule has 2 aromatic heterocycles. The lowest BCUT2D eigenvalue weighted by Gasteiger charge is -2.24. The Labute approximate surface area is 274 Å². The Hall–Kier alpha value is -4.93. The number of aromatic nitrogens is 3. The summed E-state index contributed by atoms with van der Waals surface area (Å²) in [7, 11) is 0. The van der Waals surface area contributed by atoms with Crippen LogP contribution in [0.25, 0.3) is 23.0 Å². The van der Waals surface area contributed by atoms with Crippen LogP contribution in [0.1, 0.15) is 31.0 Å². The van der Waals surface area contributed by atoms with Crippen LogP contribution < -0.4 is 19.6 Å². The van der Waals surface area contributed by atoms with E-state index < -0.39 is 12.0 Å². The number of esters is 1. The summed E-state index contributed by atoms with van der Waals surface area (Å²) in [5.74, 6) is 0.239. The van der Waals surface area contributed by atoms with Gasteiger partial charge in [0.2, 0.25) is 0 Å². The molecule has 8 nitrogen and oxygen atoms in total. The third kappa shape index (κ3) is 6.14. The first kappa shape index (κ1) is 31.1. The van der Waals surface area contributed by atoms with E-state index in [0.717, 1.165) is 33.0 Å². The molecule has 1 unspecified atom stereocenters. The molecule has 0 radical (unpaired) electrons. The third-order valence-electron chi connectivity index (χ3n) is 7.49. The van der Waals surface area contributed by atoms with Gasteiger partial charge in [-0.2, -0.15) is 5.10 Å². The highest BCUT2D eigenvalue weighted by Crippen LogP contribution is 2.32. The van der Waals surface area contributed by atoms with Crippen molar-refractivity contribution >= 4 is 35.1 Å². The van der Waals surface area contributed by atoms with Gasteiger partial charge in [0.05, 0.1) is 34.1 Å². The molecule has 0 spiro atoms. The Kier molecular flexibility index (Phi) is 9.18. The fourth-order valence-electron chi connectivity index (χ4n) is 5.34. The molecule has 0 saturated heterocycles. The quantitative estimate of drug-likeness (QED) is 0.106. The highest BCUT2D eigenvalue weighted by molar-refractivity contribution is 7.98. The SMILES string of the molecule is C=CCOC(=O)C1=C(C)N=c2sc(=Cc3cn(-c4ccccc4)nc3-c3ccc(OCC)cc3)c(=O)n2C1c1ccc(SC)cc1. The smallest absolute Gasteiger partial charge is 0.338 e. The van der Waals surface area contributed by atoms with Gasteiger partial charge in [0.25, 0.3) is 5.56 Å². The highest BCUT2D eigenvalue weighted by atomic mass is 32.2. The van der Waals surface area contributed by atoms with Crippen molar-refractivity contribution in [3.63, 3.8) is 0 Å². The number of hydrogen-bond acceptors (Lipinski definition) is 8. The lowest BCUT2D eigenvalue weighted by molar-refractivity contribution is -0.138. The van der Waals surface area contributed by atoms with Crippen LogP contribution >= 0.6 is 23.1 Å². The van der Waals surface area contributed by atoms with Crippen LogP contribution in [0.15, 0.2) is 124 Å². The normalized spacial score (nSPS) is 14.5.